The molecule has 1 N–H and O–H groups in total. The number of rotatable bonds is 6. The van der Waals surface area contributed by atoms with E-state index in [9.17, 15) is 0 Å². The van der Waals surface area contributed by atoms with Gasteiger partial charge in [0.15, 0.2) is 0 Å². The van der Waals surface area contributed by atoms with Crippen molar-refractivity contribution in [3.8, 4) is 0 Å². The van der Waals surface area contributed by atoms with Crippen LogP contribution in [0, 0.1) is 0 Å². The van der Waals surface area contributed by atoms with Crippen LogP contribution in [0.4, 0.5) is 0 Å². The Bertz CT molecular complexity index is 523. The van der Waals surface area contributed by atoms with E-state index in [4.69, 9.17) is 4.74 Å². The van der Waals surface area contributed by atoms with Crippen LogP contribution in [0.15, 0.2) is 42.5 Å². The highest BCUT2D eigenvalue weighted by Crippen LogP contribution is 2.20. The second-order valence-corrected chi connectivity index (χ2v) is 5.06. The third-order valence-electron chi connectivity index (χ3n) is 3.38. The van der Waals surface area contributed by atoms with E-state index in [1.807, 2.05) is 6.92 Å². The molecule has 0 saturated carbocycles. The van der Waals surface area contributed by atoms with Gasteiger partial charge in [-0.05, 0) is 43.2 Å². The summed E-state index contributed by atoms with van der Waals surface area (Å²) in [4.78, 5) is 0. The summed E-state index contributed by atoms with van der Waals surface area (Å²) < 4.78 is 5.44. The van der Waals surface area contributed by atoms with Crippen molar-refractivity contribution in [2.75, 3.05) is 13.2 Å². The summed E-state index contributed by atoms with van der Waals surface area (Å²) in [5.41, 5.74) is 1.32. The van der Waals surface area contributed by atoms with E-state index in [-0.39, 0.29) is 0 Å². The van der Waals surface area contributed by atoms with Crippen molar-refractivity contribution in [2.45, 2.75) is 32.9 Å². The molecular weight excluding hydrogens is 234 g/mol. The fraction of sp³-hybridized carbons (Fsp3) is 0.412. The largest absolute Gasteiger partial charge is 0.380 e. The second kappa shape index (κ2) is 6.69. The van der Waals surface area contributed by atoms with Gasteiger partial charge in [-0.15, -0.1) is 0 Å². The zero-order chi connectivity index (χ0) is 13.7. The Morgan fingerprint density at radius 1 is 1.05 bits per heavy atom. The van der Waals surface area contributed by atoms with Crippen LogP contribution in [0.3, 0.4) is 0 Å². The molecule has 2 aromatic carbocycles. The molecular formula is C17H23NO. The molecule has 0 fully saturated rings. The fourth-order valence-corrected chi connectivity index (χ4v) is 2.34. The summed E-state index contributed by atoms with van der Waals surface area (Å²) in [7, 11) is 0. The molecule has 2 atom stereocenters. The predicted octanol–water partition coefficient (Wildman–Crippen LogP) is 3.92. The molecule has 0 amide bonds. The second-order valence-electron chi connectivity index (χ2n) is 5.06. The van der Waals surface area contributed by atoms with Gasteiger partial charge in [0.05, 0.1) is 6.61 Å². The summed E-state index contributed by atoms with van der Waals surface area (Å²) in [6.45, 7) is 7.92. The first-order chi connectivity index (χ1) is 9.20. The van der Waals surface area contributed by atoms with Gasteiger partial charge < -0.3 is 10.1 Å². The number of nitrogens with one attached hydrogen (secondary N) is 1. The van der Waals surface area contributed by atoms with Gasteiger partial charge in [-0.1, -0.05) is 36.4 Å². The Labute approximate surface area is 115 Å². The molecule has 0 aliphatic heterocycles. The summed E-state index contributed by atoms with van der Waals surface area (Å²) in [5.74, 6) is 0. The molecule has 0 heterocycles. The lowest BCUT2D eigenvalue weighted by molar-refractivity contribution is 0.124. The third-order valence-corrected chi connectivity index (χ3v) is 3.38. The quantitative estimate of drug-likeness (QED) is 0.847. The number of fused-ring (bicyclic) bond motifs is 1. The highest BCUT2D eigenvalue weighted by Gasteiger charge is 2.09. The minimum atomic E-state index is 0.333. The summed E-state index contributed by atoms with van der Waals surface area (Å²) in [5, 5.41) is 6.16. The minimum absolute atomic E-state index is 0.333. The normalized spacial score (nSPS) is 14.5. The van der Waals surface area contributed by atoms with E-state index < -0.39 is 0 Å². The van der Waals surface area contributed by atoms with Gasteiger partial charge in [0.1, 0.15) is 0 Å². The zero-order valence-corrected chi connectivity index (χ0v) is 12.0. The molecule has 0 aromatic heterocycles. The highest BCUT2D eigenvalue weighted by molar-refractivity contribution is 5.83. The summed E-state index contributed by atoms with van der Waals surface area (Å²) in [6.07, 6.45) is 0. The first-order valence-corrected chi connectivity index (χ1v) is 7.03. The van der Waals surface area contributed by atoms with Crippen molar-refractivity contribution in [1.29, 1.82) is 0 Å². The SMILES string of the molecule is CCOCC(C)NC(C)c1ccc2ccccc2c1. The van der Waals surface area contributed by atoms with Crippen LogP contribution in [0.2, 0.25) is 0 Å². The lowest BCUT2D eigenvalue weighted by atomic mass is 10.0. The maximum absolute atomic E-state index is 5.44. The van der Waals surface area contributed by atoms with Crippen LogP contribution in [0.25, 0.3) is 10.8 Å². The lowest BCUT2D eigenvalue weighted by Crippen LogP contribution is -2.32. The average Bonchev–Trinajstić information content (AvgIpc) is 2.44. The zero-order valence-electron chi connectivity index (χ0n) is 12.0. The summed E-state index contributed by atoms with van der Waals surface area (Å²) in [6, 6.07) is 15.8. The Morgan fingerprint density at radius 3 is 2.53 bits per heavy atom. The fourth-order valence-electron chi connectivity index (χ4n) is 2.34. The smallest absolute Gasteiger partial charge is 0.0616 e. The lowest BCUT2D eigenvalue weighted by Gasteiger charge is -2.20. The molecule has 102 valence electrons. The van der Waals surface area contributed by atoms with Gasteiger partial charge in [0.2, 0.25) is 0 Å². The van der Waals surface area contributed by atoms with Crippen LogP contribution >= 0.6 is 0 Å². The topological polar surface area (TPSA) is 21.3 Å². The number of hydrogen-bond acceptors (Lipinski definition) is 2. The van der Waals surface area contributed by atoms with Gasteiger partial charge in [-0.25, -0.2) is 0 Å². The Balaban J connectivity index is 2.06. The third kappa shape index (κ3) is 3.79. The van der Waals surface area contributed by atoms with E-state index in [1.165, 1.54) is 16.3 Å². The van der Waals surface area contributed by atoms with Gasteiger partial charge in [-0.3, -0.25) is 0 Å². The van der Waals surface area contributed by atoms with Gasteiger partial charge in [-0.2, -0.15) is 0 Å². The number of hydrogen-bond donors (Lipinski definition) is 1. The number of benzene rings is 2. The van der Waals surface area contributed by atoms with E-state index in [0.717, 1.165) is 13.2 Å². The van der Waals surface area contributed by atoms with E-state index in [1.54, 1.807) is 0 Å². The van der Waals surface area contributed by atoms with Gasteiger partial charge in [0, 0.05) is 18.7 Å². The standard InChI is InChI=1S/C17H23NO/c1-4-19-12-13(2)18-14(3)16-10-9-15-7-5-6-8-17(15)11-16/h5-11,13-14,18H,4,12H2,1-3H3. The predicted molar refractivity (Wildman–Crippen MR) is 81.5 cm³/mol. The molecule has 0 saturated heterocycles. The van der Waals surface area contributed by atoms with Crippen molar-refractivity contribution < 1.29 is 4.74 Å². The number of ether oxygens (including phenoxy) is 1. The van der Waals surface area contributed by atoms with Crippen LogP contribution in [-0.4, -0.2) is 19.3 Å². The Morgan fingerprint density at radius 2 is 1.79 bits per heavy atom. The molecule has 0 aliphatic carbocycles. The molecule has 0 aliphatic rings. The first kappa shape index (κ1) is 14.0. The van der Waals surface area contributed by atoms with Crippen LogP contribution < -0.4 is 5.32 Å². The molecule has 0 bridgehead atoms. The molecule has 19 heavy (non-hydrogen) atoms. The molecule has 2 unspecified atom stereocenters. The van der Waals surface area contributed by atoms with Gasteiger partial charge in [0.25, 0.3) is 0 Å². The maximum Gasteiger partial charge on any atom is 0.0616 e. The van der Waals surface area contributed by atoms with Crippen LogP contribution in [0.1, 0.15) is 32.4 Å². The Hall–Kier alpha value is -1.38. The average molecular weight is 257 g/mol. The summed E-state index contributed by atoms with van der Waals surface area (Å²) >= 11 is 0. The van der Waals surface area contributed by atoms with Crippen LogP contribution in [-0.2, 0) is 4.74 Å². The molecule has 0 spiro atoms. The van der Waals surface area contributed by atoms with Crippen LogP contribution in [0.5, 0.6) is 0 Å². The van der Waals surface area contributed by atoms with Crippen molar-refractivity contribution in [3.63, 3.8) is 0 Å². The first-order valence-electron chi connectivity index (χ1n) is 7.03. The maximum atomic E-state index is 5.44. The van der Waals surface area contributed by atoms with Gasteiger partial charge >= 0.3 is 0 Å². The highest BCUT2D eigenvalue weighted by atomic mass is 16.5. The van der Waals surface area contributed by atoms with E-state index in [0.29, 0.717) is 12.1 Å². The molecule has 2 aromatic rings. The molecule has 2 rings (SSSR count). The molecule has 2 nitrogen and oxygen atoms in total. The molecule has 0 radical (unpaired) electrons. The van der Waals surface area contributed by atoms with E-state index >= 15 is 0 Å². The van der Waals surface area contributed by atoms with Crippen molar-refractivity contribution >= 4 is 10.8 Å². The minimum Gasteiger partial charge on any atom is -0.380 e. The van der Waals surface area contributed by atoms with Crippen molar-refractivity contribution in [3.05, 3.63) is 48.0 Å². The van der Waals surface area contributed by atoms with Crippen molar-refractivity contribution in [1.82, 2.24) is 5.32 Å². The molecule has 2 heteroatoms. The Kier molecular flexibility index (Phi) is 4.94. The van der Waals surface area contributed by atoms with E-state index in [2.05, 4.69) is 61.6 Å². The monoisotopic (exact) mass is 257 g/mol. The van der Waals surface area contributed by atoms with Crippen molar-refractivity contribution in [2.24, 2.45) is 0 Å².